The van der Waals surface area contributed by atoms with Gasteiger partial charge in [-0.25, -0.2) is 4.79 Å². The predicted molar refractivity (Wildman–Crippen MR) is 44.9 cm³/mol. The van der Waals surface area contributed by atoms with E-state index in [1.807, 2.05) is 0 Å². The molecular formula is C8H15NO3. The summed E-state index contributed by atoms with van der Waals surface area (Å²) in [5.41, 5.74) is -0.529. The van der Waals surface area contributed by atoms with Crippen LogP contribution >= 0.6 is 0 Å². The molecule has 4 heteroatoms. The van der Waals surface area contributed by atoms with Gasteiger partial charge in [0.25, 0.3) is 0 Å². The molecule has 0 fully saturated rings. The SMILES string of the molecule is COC(=O)NC(C)(C)CC(C)=O. The van der Waals surface area contributed by atoms with Gasteiger partial charge in [-0.15, -0.1) is 0 Å². The number of ketones is 1. The second-order valence-corrected chi connectivity index (χ2v) is 3.38. The number of rotatable bonds is 3. The van der Waals surface area contributed by atoms with Gasteiger partial charge in [-0.1, -0.05) is 0 Å². The minimum absolute atomic E-state index is 0.0383. The van der Waals surface area contributed by atoms with Crippen LogP contribution in [0.2, 0.25) is 0 Å². The van der Waals surface area contributed by atoms with Crippen LogP contribution in [0.4, 0.5) is 4.79 Å². The standard InChI is InChI=1S/C8H15NO3/c1-6(10)5-8(2,3)9-7(11)12-4/h5H2,1-4H3,(H,9,11). The molecule has 0 aromatic carbocycles. The van der Waals surface area contributed by atoms with E-state index in [2.05, 4.69) is 10.1 Å². The Kier molecular flexibility index (Phi) is 3.73. The monoisotopic (exact) mass is 173 g/mol. The first kappa shape index (κ1) is 10.9. The molecule has 12 heavy (non-hydrogen) atoms. The lowest BCUT2D eigenvalue weighted by Crippen LogP contribution is -2.44. The van der Waals surface area contributed by atoms with Crippen LogP contribution in [0, 0.1) is 0 Å². The Morgan fingerprint density at radius 2 is 1.92 bits per heavy atom. The van der Waals surface area contributed by atoms with Crippen LogP contribution in [0.25, 0.3) is 0 Å². The van der Waals surface area contributed by atoms with Crippen molar-refractivity contribution in [1.29, 1.82) is 0 Å². The Bertz CT molecular complexity index is 187. The Morgan fingerprint density at radius 3 is 2.25 bits per heavy atom. The predicted octanol–water partition coefficient (Wildman–Crippen LogP) is 1.10. The molecule has 0 unspecified atom stereocenters. The maximum absolute atomic E-state index is 10.8. The number of hydrogen-bond donors (Lipinski definition) is 1. The number of alkyl carbamates (subject to hydrolysis) is 1. The first-order valence-electron chi connectivity index (χ1n) is 3.73. The minimum atomic E-state index is -0.529. The molecule has 0 atom stereocenters. The van der Waals surface area contributed by atoms with Crippen molar-refractivity contribution < 1.29 is 14.3 Å². The molecule has 4 nitrogen and oxygen atoms in total. The van der Waals surface area contributed by atoms with Gasteiger partial charge in [-0.3, -0.25) is 4.79 Å². The van der Waals surface area contributed by atoms with Gasteiger partial charge in [-0.05, 0) is 20.8 Å². The summed E-state index contributed by atoms with van der Waals surface area (Å²) in [6, 6.07) is 0. The molecule has 0 radical (unpaired) electrons. The average molecular weight is 173 g/mol. The fourth-order valence-electron chi connectivity index (χ4n) is 0.994. The Balaban J connectivity index is 4.03. The van der Waals surface area contributed by atoms with Crippen molar-refractivity contribution in [3.63, 3.8) is 0 Å². The number of hydrogen-bond acceptors (Lipinski definition) is 3. The Labute approximate surface area is 72.3 Å². The van der Waals surface area contributed by atoms with Crippen molar-refractivity contribution in [1.82, 2.24) is 5.32 Å². The number of methoxy groups -OCH3 is 1. The third kappa shape index (κ3) is 4.71. The summed E-state index contributed by atoms with van der Waals surface area (Å²) in [6.07, 6.45) is -0.205. The highest BCUT2D eigenvalue weighted by Gasteiger charge is 2.22. The van der Waals surface area contributed by atoms with Gasteiger partial charge in [0.05, 0.1) is 7.11 Å². The van der Waals surface area contributed by atoms with Gasteiger partial charge in [0, 0.05) is 12.0 Å². The third-order valence-electron chi connectivity index (χ3n) is 1.32. The first-order valence-corrected chi connectivity index (χ1v) is 3.73. The van der Waals surface area contributed by atoms with Crippen LogP contribution in [0.1, 0.15) is 27.2 Å². The van der Waals surface area contributed by atoms with Crippen molar-refractivity contribution in [3.8, 4) is 0 Å². The number of carbonyl (C=O) groups excluding carboxylic acids is 2. The average Bonchev–Trinajstić information content (AvgIpc) is 1.83. The summed E-state index contributed by atoms with van der Waals surface area (Å²) in [5, 5.41) is 2.56. The van der Waals surface area contributed by atoms with Crippen LogP contribution in [-0.2, 0) is 9.53 Å². The maximum Gasteiger partial charge on any atom is 0.407 e. The van der Waals surface area contributed by atoms with Crippen molar-refractivity contribution in [2.75, 3.05) is 7.11 Å². The Morgan fingerprint density at radius 1 is 1.42 bits per heavy atom. The number of carbonyl (C=O) groups is 2. The fraction of sp³-hybridized carbons (Fsp3) is 0.750. The smallest absolute Gasteiger partial charge is 0.407 e. The highest BCUT2D eigenvalue weighted by atomic mass is 16.5. The summed E-state index contributed by atoms with van der Waals surface area (Å²) < 4.78 is 4.41. The summed E-state index contributed by atoms with van der Waals surface area (Å²) in [4.78, 5) is 21.5. The molecule has 0 saturated heterocycles. The van der Waals surface area contributed by atoms with Crippen molar-refractivity contribution in [3.05, 3.63) is 0 Å². The molecule has 0 rings (SSSR count). The van der Waals surface area contributed by atoms with Gasteiger partial charge in [-0.2, -0.15) is 0 Å². The van der Waals surface area contributed by atoms with Crippen LogP contribution < -0.4 is 5.32 Å². The topological polar surface area (TPSA) is 55.4 Å². The summed E-state index contributed by atoms with van der Waals surface area (Å²) in [7, 11) is 1.29. The minimum Gasteiger partial charge on any atom is -0.453 e. The second kappa shape index (κ2) is 4.09. The van der Waals surface area contributed by atoms with E-state index < -0.39 is 11.6 Å². The zero-order valence-electron chi connectivity index (χ0n) is 7.93. The highest BCUT2D eigenvalue weighted by molar-refractivity contribution is 5.78. The molecule has 0 bridgehead atoms. The zero-order valence-corrected chi connectivity index (χ0v) is 7.93. The van der Waals surface area contributed by atoms with Gasteiger partial charge in [0.2, 0.25) is 0 Å². The number of nitrogens with one attached hydrogen (secondary N) is 1. The quantitative estimate of drug-likeness (QED) is 0.695. The van der Waals surface area contributed by atoms with Crippen molar-refractivity contribution in [2.45, 2.75) is 32.7 Å². The number of amides is 1. The number of ether oxygens (including phenoxy) is 1. The summed E-state index contributed by atoms with van der Waals surface area (Å²) in [5.74, 6) is 0.0383. The van der Waals surface area contributed by atoms with E-state index in [1.165, 1.54) is 14.0 Å². The maximum atomic E-state index is 10.8. The molecule has 70 valence electrons. The van der Waals surface area contributed by atoms with Crippen LogP contribution in [-0.4, -0.2) is 24.5 Å². The Hall–Kier alpha value is -1.06. The van der Waals surface area contributed by atoms with Gasteiger partial charge >= 0.3 is 6.09 Å². The van der Waals surface area contributed by atoms with Gasteiger partial charge in [0.1, 0.15) is 5.78 Å². The molecule has 0 aromatic heterocycles. The molecule has 0 spiro atoms. The normalized spacial score (nSPS) is 10.7. The highest BCUT2D eigenvalue weighted by Crippen LogP contribution is 2.08. The van der Waals surface area contributed by atoms with Crippen LogP contribution in [0.15, 0.2) is 0 Å². The molecule has 0 aromatic rings. The van der Waals surface area contributed by atoms with E-state index in [1.54, 1.807) is 13.8 Å². The van der Waals surface area contributed by atoms with E-state index in [0.29, 0.717) is 6.42 Å². The van der Waals surface area contributed by atoms with Gasteiger partial charge in [0.15, 0.2) is 0 Å². The molecular weight excluding hydrogens is 158 g/mol. The molecule has 1 N–H and O–H groups in total. The number of Topliss-reactive ketones (excluding diaryl/α,β-unsaturated/α-hetero) is 1. The van der Waals surface area contributed by atoms with Crippen molar-refractivity contribution in [2.24, 2.45) is 0 Å². The molecule has 0 aliphatic heterocycles. The second-order valence-electron chi connectivity index (χ2n) is 3.38. The van der Waals surface area contributed by atoms with Crippen LogP contribution in [0.3, 0.4) is 0 Å². The molecule has 0 aliphatic rings. The van der Waals surface area contributed by atoms with E-state index in [-0.39, 0.29) is 5.78 Å². The molecule has 0 aliphatic carbocycles. The van der Waals surface area contributed by atoms with E-state index in [9.17, 15) is 9.59 Å². The van der Waals surface area contributed by atoms with Crippen LogP contribution in [0.5, 0.6) is 0 Å². The molecule has 0 saturated carbocycles. The summed E-state index contributed by atoms with van der Waals surface area (Å²) >= 11 is 0. The lowest BCUT2D eigenvalue weighted by molar-refractivity contribution is -0.118. The third-order valence-corrected chi connectivity index (χ3v) is 1.32. The molecule has 1 amide bonds. The van der Waals surface area contributed by atoms with E-state index in [0.717, 1.165) is 0 Å². The summed E-state index contributed by atoms with van der Waals surface area (Å²) in [6.45, 7) is 5.03. The zero-order chi connectivity index (χ0) is 9.78. The fourth-order valence-corrected chi connectivity index (χ4v) is 0.994. The van der Waals surface area contributed by atoms with E-state index >= 15 is 0 Å². The first-order chi connectivity index (χ1) is 5.37. The lowest BCUT2D eigenvalue weighted by atomic mass is 9.99. The van der Waals surface area contributed by atoms with E-state index in [4.69, 9.17) is 0 Å². The lowest BCUT2D eigenvalue weighted by Gasteiger charge is -2.23. The van der Waals surface area contributed by atoms with Crippen molar-refractivity contribution >= 4 is 11.9 Å². The molecule has 0 heterocycles. The largest absolute Gasteiger partial charge is 0.453 e. The van der Waals surface area contributed by atoms with Gasteiger partial charge < -0.3 is 10.1 Å².